The lowest BCUT2D eigenvalue weighted by molar-refractivity contribution is 0.191. The zero-order chi connectivity index (χ0) is 7.82. The highest BCUT2D eigenvalue weighted by Crippen LogP contribution is 1.92. The summed E-state index contributed by atoms with van der Waals surface area (Å²) >= 11 is 1.86. The number of thioether (sulfide) groups is 1. The van der Waals surface area contributed by atoms with E-state index in [2.05, 4.69) is 11.6 Å². The van der Waals surface area contributed by atoms with Crippen LogP contribution in [0.4, 0.5) is 0 Å². The van der Waals surface area contributed by atoms with Crippen LogP contribution in [0, 0.1) is 0 Å². The van der Waals surface area contributed by atoms with E-state index in [9.17, 15) is 0 Å². The van der Waals surface area contributed by atoms with Crippen molar-refractivity contribution in [3.63, 3.8) is 0 Å². The van der Waals surface area contributed by atoms with E-state index in [0.29, 0.717) is 6.54 Å². The lowest BCUT2D eigenvalue weighted by Gasteiger charge is -2.05. The summed E-state index contributed by atoms with van der Waals surface area (Å²) in [7, 11) is 0. The van der Waals surface area contributed by atoms with Gasteiger partial charge in [-0.2, -0.15) is 11.8 Å². The van der Waals surface area contributed by atoms with Crippen molar-refractivity contribution in [3.8, 4) is 0 Å². The molecule has 0 bridgehead atoms. The van der Waals surface area contributed by atoms with E-state index in [1.807, 2.05) is 11.8 Å². The van der Waals surface area contributed by atoms with Gasteiger partial charge in [-0.15, -0.1) is 0 Å². The molecule has 3 heteroatoms. The SMILES string of the molecule is CSCCCNCC(C)O. The van der Waals surface area contributed by atoms with Crippen molar-refractivity contribution < 1.29 is 5.11 Å². The summed E-state index contributed by atoms with van der Waals surface area (Å²) in [4.78, 5) is 0. The van der Waals surface area contributed by atoms with Gasteiger partial charge in [0.15, 0.2) is 0 Å². The largest absolute Gasteiger partial charge is 0.392 e. The Kier molecular flexibility index (Phi) is 7.58. The van der Waals surface area contributed by atoms with Crippen molar-refractivity contribution in [1.29, 1.82) is 0 Å². The maximum absolute atomic E-state index is 8.84. The summed E-state index contributed by atoms with van der Waals surface area (Å²) in [5.74, 6) is 1.20. The van der Waals surface area contributed by atoms with E-state index in [1.54, 1.807) is 6.92 Å². The molecule has 62 valence electrons. The van der Waals surface area contributed by atoms with E-state index in [0.717, 1.165) is 6.54 Å². The van der Waals surface area contributed by atoms with Crippen LogP contribution in [0.2, 0.25) is 0 Å². The van der Waals surface area contributed by atoms with Crippen molar-refractivity contribution in [3.05, 3.63) is 0 Å². The molecule has 0 saturated carbocycles. The number of aliphatic hydroxyl groups excluding tert-OH is 1. The van der Waals surface area contributed by atoms with Gasteiger partial charge in [0.05, 0.1) is 6.10 Å². The van der Waals surface area contributed by atoms with Crippen LogP contribution in [0.15, 0.2) is 0 Å². The van der Waals surface area contributed by atoms with Gasteiger partial charge >= 0.3 is 0 Å². The zero-order valence-corrected chi connectivity index (χ0v) is 7.58. The molecule has 2 nitrogen and oxygen atoms in total. The minimum Gasteiger partial charge on any atom is -0.392 e. The lowest BCUT2D eigenvalue weighted by atomic mass is 10.4. The van der Waals surface area contributed by atoms with Crippen molar-refractivity contribution in [2.75, 3.05) is 25.1 Å². The molecule has 0 saturated heterocycles. The van der Waals surface area contributed by atoms with Crippen LogP contribution >= 0.6 is 11.8 Å². The first kappa shape index (κ1) is 10.3. The van der Waals surface area contributed by atoms with Crippen LogP contribution in [0.25, 0.3) is 0 Å². The fourth-order valence-electron chi connectivity index (χ4n) is 0.652. The summed E-state index contributed by atoms with van der Waals surface area (Å²) < 4.78 is 0. The standard InChI is InChI=1S/C7H17NOS/c1-7(9)6-8-4-3-5-10-2/h7-9H,3-6H2,1-2H3. The summed E-state index contributed by atoms with van der Waals surface area (Å²) in [5, 5.41) is 12.0. The molecular weight excluding hydrogens is 146 g/mol. The van der Waals surface area contributed by atoms with Gasteiger partial charge in [0.2, 0.25) is 0 Å². The Morgan fingerprint density at radius 2 is 2.30 bits per heavy atom. The highest BCUT2D eigenvalue weighted by Gasteiger charge is 1.92. The number of hydrogen-bond acceptors (Lipinski definition) is 3. The molecule has 2 N–H and O–H groups in total. The molecule has 1 atom stereocenters. The molecule has 0 aliphatic carbocycles. The number of nitrogens with one attached hydrogen (secondary N) is 1. The van der Waals surface area contributed by atoms with Crippen LogP contribution in [0.1, 0.15) is 13.3 Å². The molecule has 1 unspecified atom stereocenters. The van der Waals surface area contributed by atoms with Gasteiger partial charge in [-0.05, 0) is 31.9 Å². The number of aliphatic hydroxyl groups is 1. The number of rotatable bonds is 6. The molecule has 10 heavy (non-hydrogen) atoms. The van der Waals surface area contributed by atoms with Crippen molar-refractivity contribution in [2.45, 2.75) is 19.4 Å². The third-order valence-corrected chi connectivity index (χ3v) is 1.84. The second-order valence-corrected chi connectivity index (χ2v) is 3.39. The lowest BCUT2D eigenvalue weighted by Crippen LogP contribution is -2.25. The van der Waals surface area contributed by atoms with Crippen LogP contribution in [0.5, 0.6) is 0 Å². The molecule has 0 aliphatic heterocycles. The van der Waals surface area contributed by atoms with Gasteiger partial charge in [-0.3, -0.25) is 0 Å². The average molecular weight is 163 g/mol. The molecule has 0 spiro atoms. The van der Waals surface area contributed by atoms with Crippen LogP contribution < -0.4 is 5.32 Å². The highest BCUT2D eigenvalue weighted by molar-refractivity contribution is 7.98. The van der Waals surface area contributed by atoms with Crippen LogP contribution in [-0.4, -0.2) is 36.3 Å². The monoisotopic (exact) mass is 163 g/mol. The molecule has 0 aromatic rings. The normalized spacial score (nSPS) is 13.5. The third kappa shape index (κ3) is 8.27. The molecule has 0 fully saturated rings. The van der Waals surface area contributed by atoms with E-state index < -0.39 is 0 Å². The maximum Gasteiger partial charge on any atom is 0.0636 e. The summed E-state index contributed by atoms with van der Waals surface area (Å²) in [6.07, 6.45) is 3.08. The van der Waals surface area contributed by atoms with Gasteiger partial charge in [-0.1, -0.05) is 0 Å². The van der Waals surface area contributed by atoms with E-state index in [-0.39, 0.29) is 6.10 Å². The molecule has 0 aromatic carbocycles. The Hall–Kier alpha value is 0.270. The molecule has 0 aliphatic rings. The summed E-state index contributed by atoms with van der Waals surface area (Å²) in [5.41, 5.74) is 0. The zero-order valence-electron chi connectivity index (χ0n) is 6.76. The van der Waals surface area contributed by atoms with Gasteiger partial charge in [0, 0.05) is 6.54 Å². The van der Waals surface area contributed by atoms with Gasteiger partial charge in [0.25, 0.3) is 0 Å². The minimum absolute atomic E-state index is 0.214. The van der Waals surface area contributed by atoms with E-state index in [1.165, 1.54) is 12.2 Å². The molecule has 0 aromatic heterocycles. The Morgan fingerprint density at radius 3 is 2.80 bits per heavy atom. The molecule has 0 radical (unpaired) electrons. The molecular formula is C7H17NOS. The first-order valence-corrected chi connectivity index (χ1v) is 5.04. The van der Waals surface area contributed by atoms with Crippen LogP contribution in [0.3, 0.4) is 0 Å². The van der Waals surface area contributed by atoms with E-state index in [4.69, 9.17) is 5.11 Å². The Labute approximate surface area is 67.4 Å². The fraction of sp³-hybridized carbons (Fsp3) is 1.00. The molecule has 0 rings (SSSR count). The average Bonchev–Trinajstić information content (AvgIpc) is 1.87. The Morgan fingerprint density at radius 1 is 1.60 bits per heavy atom. The first-order chi connectivity index (χ1) is 4.77. The smallest absolute Gasteiger partial charge is 0.0636 e. The predicted molar refractivity (Wildman–Crippen MR) is 47.5 cm³/mol. The molecule has 0 heterocycles. The number of hydrogen-bond donors (Lipinski definition) is 2. The van der Waals surface area contributed by atoms with Gasteiger partial charge < -0.3 is 10.4 Å². The van der Waals surface area contributed by atoms with Crippen molar-refractivity contribution in [2.24, 2.45) is 0 Å². The predicted octanol–water partition coefficient (Wildman–Crippen LogP) is 0.710. The highest BCUT2D eigenvalue weighted by atomic mass is 32.2. The first-order valence-electron chi connectivity index (χ1n) is 3.65. The topological polar surface area (TPSA) is 32.3 Å². The second-order valence-electron chi connectivity index (χ2n) is 2.40. The molecule has 0 amide bonds. The van der Waals surface area contributed by atoms with Gasteiger partial charge in [0.1, 0.15) is 0 Å². The third-order valence-electron chi connectivity index (χ3n) is 1.14. The Bertz CT molecular complexity index is 68.6. The van der Waals surface area contributed by atoms with Crippen molar-refractivity contribution >= 4 is 11.8 Å². The maximum atomic E-state index is 8.84. The van der Waals surface area contributed by atoms with Crippen LogP contribution in [-0.2, 0) is 0 Å². The minimum atomic E-state index is -0.214. The Balaban J connectivity index is 2.77. The summed E-state index contributed by atoms with van der Waals surface area (Å²) in [6, 6.07) is 0. The van der Waals surface area contributed by atoms with Gasteiger partial charge in [-0.25, -0.2) is 0 Å². The fourth-order valence-corrected chi connectivity index (χ4v) is 1.09. The summed E-state index contributed by atoms with van der Waals surface area (Å²) in [6.45, 7) is 3.53. The quantitative estimate of drug-likeness (QED) is 0.566. The van der Waals surface area contributed by atoms with Crippen molar-refractivity contribution in [1.82, 2.24) is 5.32 Å². The van der Waals surface area contributed by atoms with E-state index >= 15 is 0 Å². The second kappa shape index (κ2) is 7.38.